The molecule has 0 saturated heterocycles. The Hall–Kier alpha value is -2.62. The summed E-state index contributed by atoms with van der Waals surface area (Å²) in [5, 5.41) is 8.41. The SMILES string of the molecule is CC(C)(N=NC(C)(C)C(=O)c1ccccc1)C(=O)c1ccccc1. The first kappa shape index (κ1) is 17.7. The van der Waals surface area contributed by atoms with E-state index in [1.807, 2.05) is 36.4 Å². The first-order valence-electron chi connectivity index (χ1n) is 7.88. The van der Waals surface area contributed by atoms with Crippen LogP contribution in [0.4, 0.5) is 0 Å². The summed E-state index contributed by atoms with van der Waals surface area (Å²) in [6, 6.07) is 17.9. The maximum Gasteiger partial charge on any atom is 0.191 e. The van der Waals surface area contributed by atoms with Crippen molar-refractivity contribution in [2.24, 2.45) is 10.2 Å². The summed E-state index contributed by atoms with van der Waals surface area (Å²) in [5.41, 5.74) is -0.909. The molecule has 2 rings (SSSR count). The molecule has 4 heteroatoms. The minimum atomic E-state index is -1.03. The van der Waals surface area contributed by atoms with Gasteiger partial charge >= 0.3 is 0 Å². The van der Waals surface area contributed by atoms with Gasteiger partial charge in [-0.3, -0.25) is 9.59 Å². The molecular weight excluding hydrogens is 300 g/mol. The number of ketones is 2. The highest BCUT2D eigenvalue weighted by Crippen LogP contribution is 2.23. The van der Waals surface area contributed by atoms with E-state index in [4.69, 9.17) is 0 Å². The van der Waals surface area contributed by atoms with Crippen molar-refractivity contribution in [2.75, 3.05) is 0 Å². The number of Topliss-reactive ketones (excluding diaryl/α,β-unsaturated/α-hetero) is 2. The highest BCUT2D eigenvalue weighted by atomic mass is 16.1. The van der Waals surface area contributed by atoms with E-state index < -0.39 is 11.1 Å². The van der Waals surface area contributed by atoms with Gasteiger partial charge < -0.3 is 0 Å². The fourth-order valence-electron chi connectivity index (χ4n) is 2.23. The molecular formula is C20H22N2O2. The van der Waals surface area contributed by atoms with Crippen LogP contribution in [0.2, 0.25) is 0 Å². The lowest BCUT2D eigenvalue weighted by Crippen LogP contribution is -2.33. The standard InChI is InChI=1S/C20H22N2O2/c1-19(2,17(23)15-11-7-5-8-12-15)21-22-20(3,4)18(24)16-13-9-6-10-14-16/h5-14H,1-4H3. The molecule has 0 spiro atoms. The highest BCUT2D eigenvalue weighted by molar-refractivity contribution is 6.03. The molecule has 0 aliphatic rings. The fourth-order valence-corrected chi connectivity index (χ4v) is 2.23. The number of hydrogen-bond donors (Lipinski definition) is 0. The average molecular weight is 322 g/mol. The van der Waals surface area contributed by atoms with Crippen molar-refractivity contribution >= 4 is 11.6 Å². The average Bonchev–Trinajstić information content (AvgIpc) is 2.60. The molecule has 0 heterocycles. The molecule has 0 aliphatic carbocycles. The van der Waals surface area contributed by atoms with Crippen molar-refractivity contribution in [3.05, 3.63) is 71.8 Å². The van der Waals surface area contributed by atoms with Crippen LogP contribution in [0.1, 0.15) is 48.4 Å². The Morgan fingerprint density at radius 1 is 0.625 bits per heavy atom. The van der Waals surface area contributed by atoms with E-state index in [0.717, 1.165) is 0 Å². The maximum absolute atomic E-state index is 12.6. The van der Waals surface area contributed by atoms with Gasteiger partial charge in [0.25, 0.3) is 0 Å². The molecule has 0 atom stereocenters. The summed E-state index contributed by atoms with van der Waals surface area (Å²) in [4.78, 5) is 25.2. The lowest BCUT2D eigenvalue weighted by Gasteiger charge is -2.21. The van der Waals surface area contributed by atoms with Crippen LogP contribution >= 0.6 is 0 Å². The van der Waals surface area contributed by atoms with Gasteiger partial charge in [-0.1, -0.05) is 60.7 Å². The highest BCUT2D eigenvalue weighted by Gasteiger charge is 2.33. The smallest absolute Gasteiger partial charge is 0.191 e. The number of rotatable bonds is 6. The zero-order valence-corrected chi connectivity index (χ0v) is 14.5. The zero-order chi connectivity index (χ0) is 17.8. The molecule has 0 bridgehead atoms. The van der Waals surface area contributed by atoms with Crippen LogP contribution in [0.15, 0.2) is 70.9 Å². The van der Waals surface area contributed by atoms with E-state index in [1.165, 1.54) is 0 Å². The molecule has 124 valence electrons. The third kappa shape index (κ3) is 4.02. The quantitative estimate of drug-likeness (QED) is 0.568. The van der Waals surface area contributed by atoms with Crippen LogP contribution in [0.25, 0.3) is 0 Å². The predicted molar refractivity (Wildman–Crippen MR) is 94.6 cm³/mol. The first-order valence-corrected chi connectivity index (χ1v) is 7.88. The van der Waals surface area contributed by atoms with Crippen LogP contribution < -0.4 is 0 Å². The van der Waals surface area contributed by atoms with Crippen LogP contribution in [-0.4, -0.2) is 22.6 Å². The van der Waals surface area contributed by atoms with Gasteiger partial charge in [0.15, 0.2) is 11.6 Å². The van der Waals surface area contributed by atoms with Gasteiger partial charge in [0.1, 0.15) is 11.1 Å². The second-order valence-corrected chi connectivity index (χ2v) is 6.71. The lowest BCUT2D eigenvalue weighted by atomic mass is 9.93. The molecule has 0 aliphatic heterocycles. The van der Waals surface area contributed by atoms with Gasteiger partial charge in [-0.15, -0.1) is 0 Å². The lowest BCUT2D eigenvalue weighted by molar-refractivity contribution is 0.0877. The summed E-state index contributed by atoms with van der Waals surface area (Å²) in [6.07, 6.45) is 0. The van der Waals surface area contributed by atoms with Crippen LogP contribution in [0, 0.1) is 0 Å². The second kappa shape index (κ2) is 6.87. The van der Waals surface area contributed by atoms with Crippen molar-refractivity contribution in [3.63, 3.8) is 0 Å². The van der Waals surface area contributed by atoms with E-state index in [1.54, 1.807) is 52.0 Å². The van der Waals surface area contributed by atoms with E-state index in [-0.39, 0.29) is 11.6 Å². The summed E-state index contributed by atoms with van der Waals surface area (Å²) in [6.45, 7) is 6.81. The molecule has 2 aromatic carbocycles. The van der Waals surface area contributed by atoms with Gasteiger partial charge in [0.2, 0.25) is 0 Å². The topological polar surface area (TPSA) is 58.9 Å². The predicted octanol–water partition coefficient (Wildman–Crippen LogP) is 4.76. The van der Waals surface area contributed by atoms with Gasteiger partial charge in [-0.25, -0.2) is 0 Å². The third-order valence-corrected chi connectivity index (χ3v) is 3.73. The first-order chi connectivity index (χ1) is 11.2. The van der Waals surface area contributed by atoms with Gasteiger partial charge in [-0.2, -0.15) is 10.2 Å². The van der Waals surface area contributed by atoms with Gasteiger partial charge in [0, 0.05) is 11.1 Å². The summed E-state index contributed by atoms with van der Waals surface area (Å²) < 4.78 is 0. The van der Waals surface area contributed by atoms with E-state index in [0.29, 0.717) is 11.1 Å². The van der Waals surface area contributed by atoms with E-state index in [2.05, 4.69) is 10.2 Å². The number of azo groups is 1. The maximum atomic E-state index is 12.6. The van der Waals surface area contributed by atoms with Crippen LogP contribution in [-0.2, 0) is 0 Å². The number of hydrogen-bond acceptors (Lipinski definition) is 4. The molecule has 0 saturated carbocycles. The van der Waals surface area contributed by atoms with E-state index >= 15 is 0 Å². The number of carbonyl (C=O) groups excluding carboxylic acids is 2. The van der Waals surface area contributed by atoms with Crippen LogP contribution in [0.5, 0.6) is 0 Å². The second-order valence-electron chi connectivity index (χ2n) is 6.71. The Morgan fingerprint density at radius 2 is 0.917 bits per heavy atom. The Morgan fingerprint density at radius 3 is 1.21 bits per heavy atom. The van der Waals surface area contributed by atoms with Crippen LogP contribution in [0.3, 0.4) is 0 Å². The minimum Gasteiger partial charge on any atom is -0.291 e. The normalized spacial score (nSPS) is 12.3. The molecule has 0 radical (unpaired) electrons. The Balaban J connectivity index is 2.21. The largest absolute Gasteiger partial charge is 0.291 e. The van der Waals surface area contributed by atoms with Crippen molar-refractivity contribution in [2.45, 2.75) is 38.8 Å². The molecule has 4 nitrogen and oxygen atoms in total. The van der Waals surface area contributed by atoms with Crippen molar-refractivity contribution in [1.82, 2.24) is 0 Å². The zero-order valence-electron chi connectivity index (χ0n) is 14.5. The fraction of sp³-hybridized carbons (Fsp3) is 0.300. The summed E-state index contributed by atoms with van der Waals surface area (Å²) in [7, 11) is 0. The summed E-state index contributed by atoms with van der Waals surface area (Å²) in [5.74, 6) is -0.260. The summed E-state index contributed by atoms with van der Waals surface area (Å²) >= 11 is 0. The van der Waals surface area contributed by atoms with Gasteiger partial charge in [-0.05, 0) is 27.7 Å². The Labute approximate surface area is 142 Å². The molecule has 0 N–H and O–H groups in total. The molecule has 2 aromatic rings. The number of nitrogens with zero attached hydrogens (tertiary/aromatic N) is 2. The minimum absolute atomic E-state index is 0.130. The molecule has 0 amide bonds. The van der Waals surface area contributed by atoms with Crippen molar-refractivity contribution in [3.8, 4) is 0 Å². The number of carbonyl (C=O) groups is 2. The molecule has 0 aromatic heterocycles. The van der Waals surface area contributed by atoms with E-state index in [9.17, 15) is 9.59 Å². The Kier molecular flexibility index (Phi) is 5.07. The molecule has 24 heavy (non-hydrogen) atoms. The Bertz CT molecular complexity index is 682. The molecule has 0 unspecified atom stereocenters. The molecule has 0 fully saturated rings. The number of benzene rings is 2. The van der Waals surface area contributed by atoms with Crippen molar-refractivity contribution < 1.29 is 9.59 Å². The van der Waals surface area contributed by atoms with Gasteiger partial charge in [0.05, 0.1) is 0 Å². The van der Waals surface area contributed by atoms with Crippen molar-refractivity contribution in [1.29, 1.82) is 0 Å². The third-order valence-electron chi connectivity index (χ3n) is 3.73. The monoisotopic (exact) mass is 322 g/mol.